The van der Waals surface area contributed by atoms with Gasteiger partial charge < -0.3 is 5.73 Å². The summed E-state index contributed by atoms with van der Waals surface area (Å²) in [6.45, 7) is 6.87. The number of nitrogens with two attached hydrogens (primary N) is 1. The second-order valence-corrected chi connectivity index (χ2v) is 10.6. The van der Waals surface area contributed by atoms with E-state index in [9.17, 15) is 0 Å². The fourth-order valence-electron chi connectivity index (χ4n) is 1.43. The third-order valence-electron chi connectivity index (χ3n) is 2.57. The van der Waals surface area contributed by atoms with Crippen LogP contribution in [0.15, 0.2) is 11.9 Å². The standard InChI is InChI=1S/C12H19N3Si/c1-16(2,3)7-6-10-8-14-12(9-4-5-9)15-11(10)13/h6-9H,4-5H2,1-3H3,(H2,13,14,15)/b7-6+. The second kappa shape index (κ2) is 4.01. The van der Waals surface area contributed by atoms with Gasteiger partial charge >= 0.3 is 0 Å². The Labute approximate surface area is 97.8 Å². The molecule has 0 unspecified atom stereocenters. The molecule has 3 nitrogen and oxygen atoms in total. The first-order chi connectivity index (χ1) is 7.46. The number of nitrogen functional groups attached to an aromatic ring is 1. The van der Waals surface area contributed by atoms with Crippen LogP contribution in [0.4, 0.5) is 5.82 Å². The smallest absolute Gasteiger partial charge is 0.134 e. The molecular formula is C12H19N3Si. The quantitative estimate of drug-likeness (QED) is 0.817. The average molecular weight is 233 g/mol. The summed E-state index contributed by atoms with van der Waals surface area (Å²) < 4.78 is 0. The predicted octanol–water partition coefficient (Wildman–Crippen LogP) is 2.83. The molecule has 1 heterocycles. The van der Waals surface area contributed by atoms with Crippen molar-refractivity contribution in [1.29, 1.82) is 0 Å². The molecule has 2 rings (SSSR count). The molecule has 2 N–H and O–H groups in total. The molecule has 0 aliphatic heterocycles. The minimum absolute atomic E-state index is 0.567. The molecular weight excluding hydrogens is 214 g/mol. The zero-order chi connectivity index (χ0) is 11.8. The van der Waals surface area contributed by atoms with Gasteiger partial charge in [-0.05, 0) is 12.8 Å². The molecule has 1 aromatic rings. The van der Waals surface area contributed by atoms with Crippen molar-refractivity contribution in [2.45, 2.75) is 38.4 Å². The van der Waals surface area contributed by atoms with Crippen molar-refractivity contribution in [1.82, 2.24) is 9.97 Å². The Balaban J connectivity index is 2.19. The van der Waals surface area contributed by atoms with Gasteiger partial charge in [-0.15, -0.1) is 0 Å². The van der Waals surface area contributed by atoms with Crippen LogP contribution >= 0.6 is 0 Å². The highest BCUT2D eigenvalue weighted by molar-refractivity contribution is 6.81. The highest BCUT2D eigenvalue weighted by atomic mass is 28.3. The third kappa shape index (κ3) is 2.92. The van der Waals surface area contributed by atoms with E-state index < -0.39 is 8.07 Å². The van der Waals surface area contributed by atoms with Gasteiger partial charge in [0.2, 0.25) is 0 Å². The Morgan fingerprint density at radius 1 is 1.38 bits per heavy atom. The number of rotatable bonds is 3. The van der Waals surface area contributed by atoms with Crippen LogP contribution in [0.1, 0.15) is 30.1 Å². The molecule has 0 radical (unpaired) electrons. The summed E-state index contributed by atoms with van der Waals surface area (Å²) in [7, 11) is -1.18. The maximum Gasteiger partial charge on any atom is 0.134 e. The lowest BCUT2D eigenvalue weighted by molar-refractivity contribution is 0.930. The molecule has 1 aliphatic carbocycles. The second-order valence-electron chi connectivity index (χ2n) is 5.54. The molecule has 86 valence electrons. The zero-order valence-corrected chi connectivity index (χ0v) is 11.2. The van der Waals surface area contributed by atoms with Crippen molar-refractivity contribution < 1.29 is 0 Å². The van der Waals surface area contributed by atoms with Crippen molar-refractivity contribution in [3.05, 3.63) is 23.3 Å². The molecule has 1 saturated carbocycles. The van der Waals surface area contributed by atoms with Crippen LogP contribution < -0.4 is 5.73 Å². The molecule has 0 atom stereocenters. The lowest BCUT2D eigenvalue weighted by Crippen LogP contribution is -2.15. The van der Waals surface area contributed by atoms with Crippen molar-refractivity contribution in [3.8, 4) is 0 Å². The molecule has 0 spiro atoms. The maximum atomic E-state index is 5.93. The summed E-state index contributed by atoms with van der Waals surface area (Å²) in [6, 6.07) is 0. The van der Waals surface area contributed by atoms with Crippen molar-refractivity contribution in [2.24, 2.45) is 0 Å². The fourth-order valence-corrected chi connectivity index (χ4v) is 2.10. The molecule has 0 aromatic carbocycles. The van der Waals surface area contributed by atoms with E-state index in [1.165, 1.54) is 12.8 Å². The Kier molecular flexibility index (Phi) is 2.84. The lowest BCUT2D eigenvalue weighted by atomic mass is 10.3. The van der Waals surface area contributed by atoms with Crippen LogP contribution in [-0.4, -0.2) is 18.0 Å². The van der Waals surface area contributed by atoms with E-state index in [2.05, 4.69) is 41.4 Å². The minimum atomic E-state index is -1.18. The van der Waals surface area contributed by atoms with Crippen LogP contribution in [0.2, 0.25) is 19.6 Å². The number of hydrogen-bond acceptors (Lipinski definition) is 3. The average Bonchev–Trinajstić information content (AvgIpc) is 2.97. The van der Waals surface area contributed by atoms with E-state index >= 15 is 0 Å². The summed E-state index contributed by atoms with van der Waals surface area (Å²) in [5.74, 6) is 2.10. The van der Waals surface area contributed by atoms with Gasteiger partial charge in [0, 0.05) is 17.7 Å². The molecule has 16 heavy (non-hydrogen) atoms. The summed E-state index contributed by atoms with van der Waals surface area (Å²) in [6.07, 6.45) is 6.35. The SMILES string of the molecule is C[Si](C)(C)/C=C/c1cnc(C2CC2)nc1N. The van der Waals surface area contributed by atoms with Crippen LogP contribution in [0.25, 0.3) is 6.08 Å². The molecule has 0 bridgehead atoms. The lowest BCUT2D eigenvalue weighted by Gasteiger charge is -2.08. The van der Waals surface area contributed by atoms with E-state index in [1.807, 2.05) is 6.20 Å². The highest BCUT2D eigenvalue weighted by Gasteiger charge is 2.26. The van der Waals surface area contributed by atoms with Crippen LogP contribution in [0.3, 0.4) is 0 Å². The third-order valence-corrected chi connectivity index (χ3v) is 3.74. The van der Waals surface area contributed by atoms with Gasteiger partial charge in [-0.3, -0.25) is 0 Å². The van der Waals surface area contributed by atoms with Gasteiger partial charge in [-0.25, -0.2) is 9.97 Å². The minimum Gasteiger partial charge on any atom is -0.383 e. The topological polar surface area (TPSA) is 51.8 Å². The molecule has 1 aliphatic rings. The number of nitrogens with zero attached hydrogens (tertiary/aromatic N) is 2. The van der Waals surface area contributed by atoms with E-state index in [0.717, 1.165) is 11.4 Å². The van der Waals surface area contributed by atoms with E-state index in [4.69, 9.17) is 5.73 Å². The maximum absolute atomic E-state index is 5.93. The first kappa shape index (κ1) is 11.3. The van der Waals surface area contributed by atoms with Crippen LogP contribution in [0, 0.1) is 0 Å². The summed E-state index contributed by atoms with van der Waals surface area (Å²) in [5, 5.41) is 0. The number of hydrogen-bond donors (Lipinski definition) is 1. The summed E-state index contributed by atoms with van der Waals surface area (Å²) in [4.78, 5) is 8.74. The highest BCUT2D eigenvalue weighted by Crippen LogP contribution is 2.38. The zero-order valence-electron chi connectivity index (χ0n) is 10.2. The van der Waals surface area contributed by atoms with Gasteiger partial charge in [0.15, 0.2) is 0 Å². The molecule has 1 aromatic heterocycles. The van der Waals surface area contributed by atoms with Gasteiger partial charge in [0.25, 0.3) is 0 Å². The van der Waals surface area contributed by atoms with E-state index in [-0.39, 0.29) is 0 Å². The predicted molar refractivity (Wildman–Crippen MR) is 70.8 cm³/mol. The van der Waals surface area contributed by atoms with Crippen LogP contribution in [-0.2, 0) is 0 Å². The molecule has 0 saturated heterocycles. The van der Waals surface area contributed by atoms with Crippen molar-refractivity contribution >= 4 is 20.0 Å². The first-order valence-electron chi connectivity index (χ1n) is 5.77. The van der Waals surface area contributed by atoms with Crippen molar-refractivity contribution in [3.63, 3.8) is 0 Å². The summed E-state index contributed by atoms with van der Waals surface area (Å²) >= 11 is 0. The molecule has 4 heteroatoms. The monoisotopic (exact) mass is 233 g/mol. The van der Waals surface area contributed by atoms with Gasteiger partial charge in [-0.2, -0.15) is 0 Å². The van der Waals surface area contributed by atoms with E-state index in [1.54, 1.807) is 0 Å². The fraction of sp³-hybridized carbons (Fsp3) is 0.500. The van der Waals surface area contributed by atoms with Gasteiger partial charge in [-0.1, -0.05) is 31.4 Å². The van der Waals surface area contributed by atoms with Gasteiger partial charge in [0.1, 0.15) is 11.6 Å². The van der Waals surface area contributed by atoms with Crippen LogP contribution in [0.5, 0.6) is 0 Å². The van der Waals surface area contributed by atoms with Crippen molar-refractivity contribution in [2.75, 3.05) is 5.73 Å². The Morgan fingerprint density at radius 3 is 2.56 bits per heavy atom. The Bertz CT molecular complexity index is 417. The largest absolute Gasteiger partial charge is 0.383 e. The molecule has 1 fully saturated rings. The Hall–Kier alpha value is -1.16. The number of aromatic nitrogens is 2. The molecule has 0 amide bonds. The van der Waals surface area contributed by atoms with E-state index in [0.29, 0.717) is 11.7 Å². The normalized spacial score (nSPS) is 16.9. The first-order valence-corrected chi connectivity index (χ1v) is 9.35. The Morgan fingerprint density at radius 2 is 2.06 bits per heavy atom. The van der Waals surface area contributed by atoms with Gasteiger partial charge in [0.05, 0.1) is 8.07 Å². The summed E-state index contributed by atoms with van der Waals surface area (Å²) in [5.41, 5.74) is 9.14. The number of anilines is 1.